The second-order valence-electron chi connectivity index (χ2n) is 9.01. The van der Waals surface area contributed by atoms with Crippen molar-refractivity contribution in [1.29, 1.82) is 0 Å². The number of hydrogen-bond donors (Lipinski definition) is 2. The molecule has 0 aliphatic rings. The Morgan fingerprint density at radius 3 is 2.35 bits per heavy atom. The average molecular weight is 432 g/mol. The van der Waals surface area contributed by atoms with Crippen molar-refractivity contribution in [3.05, 3.63) is 60.4 Å². The summed E-state index contributed by atoms with van der Waals surface area (Å²) in [5.41, 5.74) is 10.4. The molecule has 0 aliphatic heterocycles. The molecular formula is C25H29N5S. The summed E-state index contributed by atoms with van der Waals surface area (Å²) in [5.74, 6) is 1.92. The van der Waals surface area contributed by atoms with E-state index in [1.54, 1.807) is 23.7 Å². The van der Waals surface area contributed by atoms with Crippen LogP contribution in [0.4, 0.5) is 5.82 Å². The molecule has 3 N–H and O–H groups in total. The summed E-state index contributed by atoms with van der Waals surface area (Å²) in [6.07, 6.45) is 3.53. The molecule has 5 nitrogen and oxygen atoms in total. The third-order valence-electron chi connectivity index (χ3n) is 5.37. The molecule has 1 atom stereocenters. The molecule has 0 saturated carbocycles. The highest BCUT2D eigenvalue weighted by molar-refractivity contribution is 7.22. The van der Waals surface area contributed by atoms with Crippen LogP contribution in [0.1, 0.15) is 33.3 Å². The normalized spacial score (nSPS) is 12.8. The van der Waals surface area contributed by atoms with Crippen LogP contribution in [-0.4, -0.2) is 28.0 Å². The standard InChI is InChI=1S/C25H29N5S/c1-16(14-26)15-28-24-22-20(29-23(30-24)18-9-11-27-12-10-18)13-21(31-22)17-5-7-19(8-6-17)25(2,3)4/h5-13,16H,14-15,26H2,1-4H3,(H,28,29,30)/t16-/m1/s1. The first kappa shape index (κ1) is 21.4. The minimum atomic E-state index is 0.139. The van der Waals surface area contributed by atoms with Crippen LogP contribution in [0.15, 0.2) is 54.9 Å². The highest BCUT2D eigenvalue weighted by Gasteiger charge is 2.16. The third kappa shape index (κ3) is 4.75. The van der Waals surface area contributed by atoms with Gasteiger partial charge in [-0.25, -0.2) is 9.97 Å². The van der Waals surface area contributed by atoms with Crippen LogP contribution in [0.25, 0.3) is 32.0 Å². The van der Waals surface area contributed by atoms with E-state index < -0.39 is 0 Å². The van der Waals surface area contributed by atoms with Crippen LogP contribution in [0.2, 0.25) is 0 Å². The van der Waals surface area contributed by atoms with Gasteiger partial charge in [0.1, 0.15) is 5.82 Å². The molecule has 0 fully saturated rings. The molecule has 0 unspecified atom stereocenters. The van der Waals surface area contributed by atoms with Crippen molar-refractivity contribution in [1.82, 2.24) is 15.0 Å². The predicted molar refractivity (Wildman–Crippen MR) is 131 cm³/mol. The van der Waals surface area contributed by atoms with Gasteiger partial charge in [0.05, 0.1) is 10.2 Å². The summed E-state index contributed by atoms with van der Waals surface area (Å²) in [7, 11) is 0. The number of nitrogens with two attached hydrogens (primary N) is 1. The zero-order valence-corrected chi connectivity index (χ0v) is 19.3. The quantitative estimate of drug-likeness (QED) is 0.408. The van der Waals surface area contributed by atoms with Crippen molar-refractivity contribution in [2.45, 2.75) is 33.1 Å². The van der Waals surface area contributed by atoms with Gasteiger partial charge in [0.2, 0.25) is 0 Å². The lowest BCUT2D eigenvalue weighted by Crippen LogP contribution is -2.20. The molecule has 1 aromatic carbocycles. The van der Waals surface area contributed by atoms with Crippen LogP contribution in [0.3, 0.4) is 0 Å². The van der Waals surface area contributed by atoms with Crippen LogP contribution >= 0.6 is 11.3 Å². The van der Waals surface area contributed by atoms with E-state index in [-0.39, 0.29) is 5.41 Å². The van der Waals surface area contributed by atoms with Gasteiger partial charge in [-0.1, -0.05) is 52.0 Å². The number of aromatic nitrogens is 3. The van der Waals surface area contributed by atoms with E-state index in [1.807, 2.05) is 12.1 Å². The van der Waals surface area contributed by atoms with Crippen LogP contribution < -0.4 is 11.1 Å². The molecule has 6 heteroatoms. The van der Waals surface area contributed by atoms with E-state index in [9.17, 15) is 0 Å². The molecule has 0 amide bonds. The van der Waals surface area contributed by atoms with Gasteiger partial charge in [-0.05, 0) is 47.2 Å². The zero-order valence-electron chi connectivity index (χ0n) is 18.5. The van der Waals surface area contributed by atoms with Gasteiger partial charge in [-0.2, -0.15) is 0 Å². The van der Waals surface area contributed by atoms with Crippen molar-refractivity contribution in [3.63, 3.8) is 0 Å². The number of fused-ring (bicyclic) bond motifs is 1. The Balaban J connectivity index is 1.77. The number of hydrogen-bond acceptors (Lipinski definition) is 6. The van der Waals surface area contributed by atoms with Crippen molar-refractivity contribution >= 4 is 27.4 Å². The summed E-state index contributed by atoms with van der Waals surface area (Å²) in [5, 5.41) is 3.51. The summed E-state index contributed by atoms with van der Waals surface area (Å²) < 4.78 is 1.07. The second-order valence-corrected chi connectivity index (χ2v) is 10.1. The minimum absolute atomic E-state index is 0.139. The first-order valence-corrected chi connectivity index (χ1v) is 11.4. The van der Waals surface area contributed by atoms with E-state index in [0.717, 1.165) is 28.1 Å². The number of nitrogens with one attached hydrogen (secondary N) is 1. The minimum Gasteiger partial charge on any atom is -0.368 e. The van der Waals surface area contributed by atoms with Crippen LogP contribution in [0.5, 0.6) is 0 Å². The van der Waals surface area contributed by atoms with Crippen molar-refractivity contribution in [3.8, 4) is 21.8 Å². The lowest BCUT2D eigenvalue weighted by atomic mass is 9.86. The summed E-state index contributed by atoms with van der Waals surface area (Å²) >= 11 is 1.72. The summed E-state index contributed by atoms with van der Waals surface area (Å²) in [6.45, 7) is 10.2. The Labute approximate surface area is 187 Å². The molecule has 3 heterocycles. The van der Waals surface area contributed by atoms with Gasteiger partial charge in [0.15, 0.2) is 5.82 Å². The zero-order chi connectivity index (χ0) is 22.0. The Kier molecular flexibility index (Phi) is 6.03. The predicted octanol–water partition coefficient (Wildman–Crippen LogP) is 5.72. The molecule has 0 bridgehead atoms. The van der Waals surface area contributed by atoms with Crippen LogP contribution in [-0.2, 0) is 5.41 Å². The fourth-order valence-corrected chi connectivity index (χ4v) is 4.38. The van der Waals surface area contributed by atoms with E-state index >= 15 is 0 Å². The highest BCUT2D eigenvalue weighted by Crippen LogP contribution is 2.38. The Bertz CT molecular complexity index is 1160. The number of anilines is 1. The molecule has 0 aliphatic carbocycles. The number of pyridine rings is 1. The summed E-state index contributed by atoms with van der Waals surface area (Å²) in [4.78, 5) is 15.0. The van der Waals surface area contributed by atoms with E-state index in [1.165, 1.54) is 16.0 Å². The van der Waals surface area contributed by atoms with Crippen molar-refractivity contribution in [2.24, 2.45) is 11.7 Å². The fraction of sp³-hybridized carbons (Fsp3) is 0.320. The van der Waals surface area contributed by atoms with Gasteiger partial charge in [0, 0.05) is 29.4 Å². The van der Waals surface area contributed by atoms with Gasteiger partial charge >= 0.3 is 0 Å². The van der Waals surface area contributed by atoms with Gasteiger partial charge in [-0.3, -0.25) is 4.98 Å². The maximum Gasteiger partial charge on any atom is 0.162 e. The average Bonchev–Trinajstić information content (AvgIpc) is 3.21. The second kappa shape index (κ2) is 8.73. The monoisotopic (exact) mass is 431 g/mol. The lowest BCUT2D eigenvalue weighted by molar-refractivity contribution is 0.590. The molecule has 4 rings (SSSR count). The van der Waals surface area contributed by atoms with Crippen LogP contribution in [0, 0.1) is 5.92 Å². The number of benzene rings is 1. The first-order chi connectivity index (χ1) is 14.8. The Morgan fingerprint density at radius 1 is 1.00 bits per heavy atom. The van der Waals surface area contributed by atoms with Gasteiger partial charge in [0.25, 0.3) is 0 Å². The molecule has 0 radical (unpaired) electrons. The fourth-order valence-electron chi connectivity index (χ4n) is 3.31. The maximum absolute atomic E-state index is 5.82. The van der Waals surface area contributed by atoms with Gasteiger partial charge < -0.3 is 11.1 Å². The molecule has 0 spiro atoms. The Morgan fingerprint density at radius 2 is 1.71 bits per heavy atom. The largest absolute Gasteiger partial charge is 0.368 e. The van der Waals surface area contributed by atoms with E-state index in [0.29, 0.717) is 18.3 Å². The SMILES string of the molecule is C[C@H](CN)CNc1nc(-c2ccncc2)nc2cc(-c3ccc(C(C)(C)C)cc3)sc12. The first-order valence-electron chi connectivity index (χ1n) is 10.6. The van der Waals surface area contributed by atoms with Crippen molar-refractivity contribution < 1.29 is 0 Å². The highest BCUT2D eigenvalue weighted by atomic mass is 32.1. The molecule has 0 saturated heterocycles. The molecule has 31 heavy (non-hydrogen) atoms. The maximum atomic E-state index is 5.82. The topological polar surface area (TPSA) is 76.7 Å². The van der Waals surface area contributed by atoms with E-state index in [4.69, 9.17) is 15.7 Å². The van der Waals surface area contributed by atoms with Crippen molar-refractivity contribution in [2.75, 3.05) is 18.4 Å². The lowest BCUT2D eigenvalue weighted by Gasteiger charge is -2.18. The third-order valence-corrected chi connectivity index (χ3v) is 6.55. The molecular weight excluding hydrogens is 402 g/mol. The molecule has 3 aromatic heterocycles. The molecule has 4 aromatic rings. The smallest absolute Gasteiger partial charge is 0.162 e. The number of rotatable bonds is 6. The summed E-state index contributed by atoms with van der Waals surface area (Å²) in [6, 6.07) is 14.9. The molecule has 160 valence electrons. The Hall–Kier alpha value is -2.83. The number of nitrogens with zero attached hydrogens (tertiary/aromatic N) is 3. The number of thiophene rings is 1. The van der Waals surface area contributed by atoms with E-state index in [2.05, 4.69) is 68.3 Å². The van der Waals surface area contributed by atoms with Gasteiger partial charge in [-0.15, -0.1) is 11.3 Å².